The standard InChI is InChI=1S/C16H22F3N3O/c1-2-20-14(21-10-9-16(17,18)19)22-11-15(23)8-7-12-5-3-4-6-13(12)15/h3-6,23H,2,7-11H2,1H3,(H2,20,21,22). The third-order valence-corrected chi connectivity index (χ3v) is 3.87. The van der Waals surface area contributed by atoms with Gasteiger partial charge in [-0.05, 0) is 30.9 Å². The van der Waals surface area contributed by atoms with Gasteiger partial charge in [0.1, 0.15) is 5.60 Å². The van der Waals surface area contributed by atoms with Crippen LogP contribution < -0.4 is 10.6 Å². The number of nitrogens with zero attached hydrogens (tertiary/aromatic N) is 1. The highest BCUT2D eigenvalue weighted by atomic mass is 19.4. The van der Waals surface area contributed by atoms with Crippen LogP contribution in [0.1, 0.15) is 30.9 Å². The molecule has 0 saturated heterocycles. The van der Waals surface area contributed by atoms with Gasteiger partial charge in [0.05, 0.1) is 13.0 Å². The molecule has 3 N–H and O–H groups in total. The average Bonchev–Trinajstić information content (AvgIpc) is 2.82. The summed E-state index contributed by atoms with van der Waals surface area (Å²) in [5.41, 5.74) is 0.901. The van der Waals surface area contributed by atoms with Crippen LogP contribution in [0.25, 0.3) is 0 Å². The van der Waals surface area contributed by atoms with E-state index < -0.39 is 18.2 Å². The van der Waals surface area contributed by atoms with E-state index in [-0.39, 0.29) is 19.0 Å². The number of alkyl halides is 3. The summed E-state index contributed by atoms with van der Waals surface area (Å²) in [4.78, 5) is 4.26. The Balaban J connectivity index is 2.00. The first-order chi connectivity index (χ1) is 10.8. The first kappa shape index (κ1) is 17.6. The Morgan fingerprint density at radius 1 is 1.30 bits per heavy atom. The Kier molecular flexibility index (Phi) is 5.51. The van der Waals surface area contributed by atoms with Crippen LogP contribution in [-0.2, 0) is 12.0 Å². The molecule has 1 atom stereocenters. The highest BCUT2D eigenvalue weighted by Gasteiger charge is 2.36. The molecule has 1 aromatic rings. The van der Waals surface area contributed by atoms with Gasteiger partial charge in [-0.25, -0.2) is 4.99 Å². The third kappa shape index (κ3) is 4.86. The number of hydrogen-bond donors (Lipinski definition) is 3. The van der Waals surface area contributed by atoms with Crippen LogP contribution in [0.4, 0.5) is 13.2 Å². The molecule has 0 aliphatic heterocycles. The van der Waals surface area contributed by atoms with E-state index in [0.717, 1.165) is 17.5 Å². The number of guanidine groups is 1. The average molecular weight is 329 g/mol. The van der Waals surface area contributed by atoms with Crippen molar-refractivity contribution in [2.45, 2.75) is 38.0 Å². The molecule has 128 valence electrons. The summed E-state index contributed by atoms with van der Waals surface area (Å²) in [6, 6.07) is 7.65. The van der Waals surface area contributed by atoms with Crippen molar-refractivity contribution in [2.75, 3.05) is 19.6 Å². The SMILES string of the molecule is CCNC(=NCC1(O)CCc2ccccc21)NCCC(F)(F)F. The number of hydrogen-bond acceptors (Lipinski definition) is 2. The molecule has 0 amide bonds. The zero-order valence-corrected chi connectivity index (χ0v) is 13.1. The lowest BCUT2D eigenvalue weighted by Gasteiger charge is -2.22. The van der Waals surface area contributed by atoms with E-state index in [4.69, 9.17) is 0 Å². The number of nitrogens with one attached hydrogen (secondary N) is 2. The van der Waals surface area contributed by atoms with Crippen LogP contribution in [-0.4, -0.2) is 36.9 Å². The summed E-state index contributed by atoms with van der Waals surface area (Å²) in [5.74, 6) is 0.287. The summed E-state index contributed by atoms with van der Waals surface area (Å²) >= 11 is 0. The first-order valence-electron chi connectivity index (χ1n) is 7.74. The molecule has 0 aromatic heterocycles. The van der Waals surface area contributed by atoms with Crippen LogP contribution in [0, 0.1) is 0 Å². The van der Waals surface area contributed by atoms with Crippen molar-refractivity contribution in [1.82, 2.24) is 10.6 Å². The van der Waals surface area contributed by atoms with Crippen LogP contribution in [0.5, 0.6) is 0 Å². The van der Waals surface area contributed by atoms with Crippen molar-refractivity contribution in [2.24, 2.45) is 4.99 Å². The second-order valence-electron chi connectivity index (χ2n) is 5.68. The molecule has 1 aliphatic carbocycles. The minimum absolute atomic E-state index is 0.116. The molecule has 1 aliphatic rings. The summed E-state index contributed by atoms with van der Waals surface area (Å²) in [5, 5.41) is 16.3. The number of aliphatic imine (C=N–C) groups is 1. The predicted molar refractivity (Wildman–Crippen MR) is 83.3 cm³/mol. The van der Waals surface area contributed by atoms with E-state index in [1.807, 2.05) is 31.2 Å². The molecule has 0 saturated carbocycles. The van der Waals surface area contributed by atoms with E-state index in [2.05, 4.69) is 15.6 Å². The fourth-order valence-corrected chi connectivity index (χ4v) is 2.71. The molecule has 0 bridgehead atoms. The van der Waals surface area contributed by atoms with Crippen molar-refractivity contribution in [3.8, 4) is 0 Å². The third-order valence-electron chi connectivity index (χ3n) is 3.87. The van der Waals surface area contributed by atoms with Gasteiger partial charge in [-0.1, -0.05) is 24.3 Å². The zero-order chi connectivity index (χ0) is 16.9. The number of fused-ring (bicyclic) bond motifs is 1. The Bertz CT molecular complexity index is 560. The molecular weight excluding hydrogens is 307 g/mol. The Hall–Kier alpha value is -1.76. The maximum absolute atomic E-state index is 12.2. The molecule has 0 radical (unpaired) electrons. The van der Waals surface area contributed by atoms with Crippen LogP contribution in [0.3, 0.4) is 0 Å². The maximum Gasteiger partial charge on any atom is 0.390 e. The predicted octanol–water partition coefficient (Wildman–Crippen LogP) is 2.33. The maximum atomic E-state index is 12.2. The lowest BCUT2D eigenvalue weighted by molar-refractivity contribution is -0.132. The molecule has 2 rings (SSSR count). The van der Waals surface area contributed by atoms with Gasteiger partial charge < -0.3 is 15.7 Å². The largest absolute Gasteiger partial charge is 0.390 e. The van der Waals surface area contributed by atoms with Gasteiger partial charge in [0, 0.05) is 13.1 Å². The molecule has 23 heavy (non-hydrogen) atoms. The summed E-state index contributed by atoms with van der Waals surface area (Å²) in [7, 11) is 0. The fourth-order valence-electron chi connectivity index (χ4n) is 2.71. The molecule has 0 fully saturated rings. The number of aryl methyl sites for hydroxylation is 1. The topological polar surface area (TPSA) is 56.7 Å². The number of rotatable bonds is 5. The van der Waals surface area contributed by atoms with E-state index >= 15 is 0 Å². The van der Waals surface area contributed by atoms with Crippen LogP contribution in [0.2, 0.25) is 0 Å². The van der Waals surface area contributed by atoms with Crippen molar-refractivity contribution in [3.63, 3.8) is 0 Å². The van der Waals surface area contributed by atoms with Crippen molar-refractivity contribution in [1.29, 1.82) is 0 Å². The summed E-state index contributed by atoms with van der Waals surface area (Å²) in [6.07, 6.45) is -3.78. The lowest BCUT2D eigenvalue weighted by atomic mass is 9.96. The summed E-state index contributed by atoms with van der Waals surface area (Å²) < 4.78 is 36.6. The van der Waals surface area contributed by atoms with Gasteiger partial charge in [0.25, 0.3) is 0 Å². The number of halogens is 3. The van der Waals surface area contributed by atoms with E-state index in [0.29, 0.717) is 13.0 Å². The molecular formula is C16H22F3N3O. The van der Waals surface area contributed by atoms with E-state index in [9.17, 15) is 18.3 Å². The van der Waals surface area contributed by atoms with Gasteiger partial charge in [-0.15, -0.1) is 0 Å². The quantitative estimate of drug-likeness (QED) is 0.574. The van der Waals surface area contributed by atoms with Crippen LogP contribution >= 0.6 is 0 Å². The Morgan fingerprint density at radius 2 is 2.04 bits per heavy atom. The van der Waals surface area contributed by atoms with Crippen molar-refractivity contribution >= 4 is 5.96 Å². The Morgan fingerprint density at radius 3 is 2.74 bits per heavy atom. The minimum Gasteiger partial charge on any atom is -0.383 e. The zero-order valence-electron chi connectivity index (χ0n) is 13.1. The van der Waals surface area contributed by atoms with Gasteiger partial charge in [-0.3, -0.25) is 0 Å². The molecule has 1 aromatic carbocycles. The monoisotopic (exact) mass is 329 g/mol. The Labute approximate surface area is 133 Å². The van der Waals surface area contributed by atoms with Gasteiger partial charge >= 0.3 is 6.18 Å². The molecule has 7 heteroatoms. The highest BCUT2D eigenvalue weighted by molar-refractivity contribution is 5.79. The van der Waals surface area contributed by atoms with Gasteiger partial charge in [0.2, 0.25) is 0 Å². The number of aliphatic hydroxyl groups is 1. The normalized spacial score (nSPS) is 21.2. The van der Waals surface area contributed by atoms with E-state index in [1.165, 1.54) is 0 Å². The van der Waals surface area contributed by atoms with Crippen molar-refractivity contribution < 1.29 is 18.3 Å². The fraction of sp³-hybridized carbons (Fsp3) is 0.562. The molecule has 1 unspecified atom stereocenters. The lowest BCUT2D eigenvalue weighted by Crippen LogP contribution is -2.40. The second kappa shape index (κ2) is 7.21. The van der Waals surface area contributed by atoms with Gasteiger partial charge in [-0.2, -0.15) is 13.2 Å². The van der Waals surface area contributed by atoms with Crippen LogP contribution in [0.15, 0.2) is 29.3 Å². The molecule has 4 nitrogen and oxygen atoms in total. The smallest absolute Gasteiger partial charge is 0.383 e. The second-order valence-corrected chi connectivity index (χ2v) is 5.68. The highest BCUT2D eigenvalue weighted by Crippen LogP contribution is 2.36. The van der Waals surface area contributed by atoms with Crippen molar-refractivity contribution in [3.05, 3.63) is 35.4 Å². The number of benzene rings is 1. The molecule has 0 spiro atoms. The minimum atomic E-state index is -4.20. The summed E-state index contributed by atoms with van der Waals surface area (Å²) in [6.45, 7) is 2.24. The molecule has 0 heterocycles. The first-order valence-corrected chi connectivity index (χ1v) is 7.74. The van der Waals surface area contributed by atoms with E-state index in [1.54, 1.807) is 0 Å². The van der Waals surface area contributed by atoms with Gasteiger partial charge in [0.15, 0.2) is 5.96 Å².